The molecular formula is C30H30Cl2FN7O9S3. The van der Waals surface area contributed by atoms with Crippen LogP contribution in [0.3, 0.4) is 0 Å². The number of anilines is 1. The summed E-state index contributed by atoms with van der Waals surface area (Å²) in [6.07, 6.45) is 1.90. The van der Waals surface area contributed by atoms with Gasteiger partial charge in [0.1, 0.15) is 21.6 Å². The normalized spacial score (nSPS) is 12.5. The summed E-state index contributed by atoms with van der Waals surface area (Å²) in [5, 5.41) is 2.30. The number of hydrogen-bond acceptors (Lipinski definition) is 14. The van der Waals surface area contributed by atoms with Gasteiger partial charge in [0.25, 0.3) is 10.0 Å². The lowest BCUT2D eigenvalue weighted by Crippen LogP contribution is -2.35. The van der Waals surface area contributed by atoms with Crippen molar-refractivity contribution in [2.24, 2.45) is 4.99 Å². The van der Waals surface area contributed by atoms with Crippen LogP contribution in [0, 0.1) is 5.82 Å². The van der Waals surface area contributed by atoms with Crippen molar-refractivity contribution in [2.45, 2.75) is 42.6 Å². The number of aromatic nitrogens is 4. The van der Waals surface area contributed by atoms with E-state index >= 15 is 0 Å². The van der Waals surface area contributed by atoms with Crippen molar-refractivity contribution in [2.75, 3.05) is 31.9 Å². The molecule has 16 nitrogen and oxygen atoms in total. The van der Waals surface area contributed by atoms with Gasteiger partial charge in [0, 0.05) is 24.1 Å². The van der Waals surface area contributed by atoms with E-state index in [-0.39, 0.29) is 50.5 Å². The summed E-state index contributed by atoms with van der Waals surface area (Å²) in [5.41, 5.74) is -0.125. The number of methoxy groups -OCH3 is 2. The van der Waals surface area contributed by atoms with E-state index in [2.05, 4.69) is 25.0 Å². The van der Waals surface area contributed by atoms with Gasteiger partial charge in [0.15, 0.2) is 0 Å². The molecule has 0 radical (unpaired) electrons. The zero-order valence-corrected chi connectivity index (χ0v) is 31.5. The third-order valence-electron chi connectivity index (χ3n) is 6.69. The van der Waals surface area contributed by atoms with Crippen LogP contribution in [0.2, 0.25) is 10.2 Å². The lowest BCUT2D eigenvalue weighted by molar-refractivity contribution is -0.137. The second kappa shape index (κ2) is 18.3. The number of thioether (sulfide) groups is 1. The van der Waals surface area contributed by atoms with Gasteiger partial charge in [0.05, 0.1) is 37.2 Å². The number of sulfonamides is 1. The predicted octanol–water partition coefficient (Wildman–Crippen LogP) is 4.62. The summed E-state index contributed by atoms with van der Waals surface area (Å²) >= 11 is 13.9. The van der Waals surface area contributed by atoms with E-state index < -0.39 is 38.7 Å². The van der Waals surface area contributed by atoms with Gasteiger partial charge in [-0.15, -0.1) is 11.8 Å². The minimum absolute atomic E-state index is 0.0207. The van der Waals surface area contributed by atoms with Crippen molar-refractivity contribution < 1.29 is 41.4 Å². The first-order chi connectivity index (χ1) is 24.8. The highest BCUT2D eigenvalue weighted by molar-refractivity contribution is 8.00. The maximum absolute atomic E-state index is 14.3. The fourth-order valence-corrected chi connectivity index (χ4v) is 7.64. The van der Waals surface area contributed by atoms with Crippen molar-refractivity contribution >= 4 is 85.9 Å². The first kappa shape index (κ1) is 40.3. The Kier molecular flexibility index (Phi) is 14.2. The molecular weight excluding hydrogens is 788 g/mol. The summed E-state index contributed by atoms with van der Waals surface area (Å²) in [5.74, 6) is -1.96. The van der Waals surface area contributed by atoms with Crippen LogP contribution in [0.1, 0.15) is 30.1 Å². The SMILES string of the molecule is CCOC(=O)c1ccccc1S(=O)(=O)NC(=O)Nc1nc(Cl)cc(OC)n1.COC(=O)CSc1cc(/N=c2\sc(=O)n3n2CCCC3)c(F)cc1Cl. The molecule has 4 aromatic rings. The van der Waals surface area contributed by atoms with Gasteiger partial charge in [-0.05, 0) is 55.4 Å². The van der Waals surface area contributed by atoms with Gasteiger partial charge in [-0.3, -0.25) is 19.6 Å². The number of benzene rings is 2. The van der Waals surface area contributed by atoms with E-state index in [4.69, 9.17) is 32.7 Å². The number of nitrogens with one attached hydrogen (secondary N) is 2. The first-order valence-electron chi connectivity index (χ1n) is 15.0. The average molecular weight is 819 g/mol. The van der Waals surface area contributed by atoms with Crippen molar-refractivity contribution in [1.29, 1.82) is 0 Å². The van der Waals surface area contributed by atoms with Crippen LogP contribution >= 0.6 is 46.3 Å². The van der Waals surface area contributed by atoms with Crippen LogP contribution < -0.4 is 24.5 Å². The summed E-state index contributed by atoms with van der Waals surface area (Å²) < 4.78 is 58.7. The fraction of sp³-hybridized carbons (Fsp3) is 0.300. The molecule has 1 aliphatic heterocycles. The number of rotatable bonds is 10. The topological polar surface area (TPSA) is 202 Å². The maximum atomic E-state index is 14.3. The third-order valence-corrected chi connectivity index (χ3v) is 10.6. The lowest BCUT2D eigenvalue weighted by atomic mass is 10.2. The molecule has 0 spiro atoms. The van der Waals surface area contributed by atoms with E-state index in [0.29, 0.717) is 22.8 Å². The predicted molar refractivity (Wildman–Crippen MR) is 191 cm³/mol. The second-order valence-corrected chi connectivity index (χ2v) is 14.5. The highest BCUT2D eigenvalue weighted by Crippen LogP contribution is 2.33. The minimum Gasteiger partial charge on any atom is -0.481 e. The van der Waals surface area contributed by atoms with Crippen LogP contribution in [0.4, 0.5) is 20.8 Å². The number of ether oxygens (including phenoxy) is 3. The molecule has 3 heterocycles. The molecule has 5 rings (SSSR count). The maximum Gasteiger partial charge on any atom is 0.339 e. The van der Waals surface area contributed by atoms with Gasteiger partial charge in [-0.25, -0.2) is 41.8 Å². The lowest BCUT2D eigenvalue weighted by Gasteiger charge is -2.15. The van der Waals surface area contributed by atoms with Crippen LogP contribution in [0.5, 0.6) is 5.88 Å². The molecule has 0 saturated carbocycles. The van der Waals surface area contributed by atoms with Crippen molar-refractivity contribution in [3.8, 4) is 5.88 Å². The Bertz CT molecular complexity index is 2210. The number of carbonyl (C=O) groups is 3. The molecule has 2 aromatic heterocycles. The second-order valence-electron chi connectivity index (χ2n) is 10.1. The average Bonchev–Trinajstić information content (AvgIpc) is 3.43. The molecule has 278 valence electrons. The molecule has 0 aliphatic carbocycles. The number of fused-ring (bicyclic) bond motifs is 1. The largest absolute Gasteiger partial charge is 0.481 e. The van der Waals surface area contributed by atoms with Crippen molar-refractivity contribution in [1.82, 2.24) is 24.1 Å². The standard InChI is InChI=1S/C15H15ClFN3O3S2.C15H15ClN4O6S/c1-23-13(21)8-24-12-7-11(10(17)6-9(12)16)18-14-19-4-2-3-5-20(19)15(22)25-14;1-3-26-13(21)9-6-4-5-7-10(9)27(23,24)20-15(22)19-14-17-11(16)8-12(18-14)25-2/h6-7H,2-5,8H2,1H3;4-8H,3H2,1-2H3,(H2,17,18,19,20,22)/b18-14-;. The number of urea groups is 1. The van der Waals surface area contributed by atoms with E-state index in [0.717, 1.165) is 42.0 Å². The summed E-state index contributed by atoms with van der Waals surface area (Å²) in [7, 11) is -1.75. The summed E-state index contributed by atoms with van der Waals surface area (Å²) in [4.78, 5) is 59.6. The molecule has 0 fully saturated rings. The Labute approximate surface area is 314 Å². The Morgan fingerprint density at radius 3 is 2.48 bits per heavy atom. The van der Waals surface area contributed by atoms with Crippen LogP contribution in [0.15, 0.2) is 62.0 Å². The van der Waals surface area contributed by atoms with Crippen LogP contribution in [0.25, 0.3) is 0 Å². The number of esters is 2. The van der Waals surface area contributed by atoms with E-state index in [1.807, 2.05) is 0 Å². The highest BCUT2D eigenvalue weighted by atomic mass is 35.5. The van der Waals surface area contributed by atoms with E-state index in [1.165, 1.54) is 50.6 Å². The third kappa shape index (κ3) is 10.5. The minimum atomic E-state index is -4.38. The molecule has 2 N–H and O–H groups in total. The van der Waals surface area contributed by atoms with E-state index in [9.17, 15) is 32.0 Å². The zero-order chi connectivity index (χ0) is 38.0. The summed E-state index contributed by atoms with van der Waals surface area (Å²) in [6.45, 7) is 2.97. The molecule has 2 amide bonds. The van der Waals surface area contributed by atoms with Gasteiger partial charge in [-0.2, -0.15) is 4.98 Å². The number of carbonyl (C=O) groups excluding carboxylic acids is 3. The number of amides is 2. The first-order valence-corrected chi connectivity index (χ1v) is 19.0. The molecule has 0 atom stereocenters. The smallest absolute Gasteiger partial charge is 0.339 e. The molecule has 0 bridgehead atoms. The summed E-state index contributed by atoms with van der Waals surface area (Å²) in [6, 6.07) is 8.11. The molecule has 1 aliphatic rings. The fourth-order valence-electron chi connectivity index (χ4n) is 4.37. The van der Waals surface area contributed by atoms with Crippen molar-refractivity contribution in [3.63, 3.8) is 0 Å². The Hall–Kier alpha value is -4.50. The van der Waals surface area contributed by atoms with Gasteiger partial charge >= 0.3 is 22.8 Å². The van der Waals surface area contributed by atoms with Gasteiger partial charge in [-0.1, -0.05) is 35.3 Å². The Morgan fingerprint density at radius 1 is 1.08 bits per heavy atom. The molecule has 0 unspecified atom stereocenters. The zero-order valence-electron chi connectivity index (χ0n) is 27.6. The number of hydrogen-bond donors (Lipinski definition) is 2. The number of halogens is 3. The highest BCUT2D eigenvalue weighted by Gasteiger charge is 2.25. The van der Waals surface area contributed by atoms with Crippen LogP contribution in [-0.2, 0) is 37.4 Å². The van der Waals surface area contributed by atoms with Gasteiger partial charge < -0.3 is 14.2 Å². The molecule has 22 heteroatoms. The van der Waals surface area contributed by atoms with Crippen LogP contribution in [-0.4, -0.2) is 72.3 Å². The molecule has 52 heavy (non-hydrogen) atoms. The Balaban J connectivity index is 0.000000233. The monoisotopic (exact) mass is 817 g/mol. The quantitative estimate of drug-likeness (QED) is 0.128. The van der Waals surface area contributed by atoms with Crippen molar-refractivity contribution in [3.05, 3.63) is 78.5 Å². The molecule has 2 aromatic carbocycles. The molecule has 0 saturated heterocycles. The Morgan fingerprint density at radius 2 is 1.79 bits per heavy atom. The van der Waals surface area contributed by atoms with Gasteiger partial charge in [0.2, 0.25) is 16.6 Å². The number of nitrogens with zero attached hydrogens (tertiary/aromatic N) is 5. The van der Waals surface area contributed by atoms with E-state index in [1.54, 1.807) is 21.0 Å².